The number of hydrazine groups is 1. The maximum absolute atomic E-state index is 13.0. The molecule has 144 valence electrons. The van der Waals surface area contributed by atoms with Crippen molar-refractivity contribution in [3.63, 3.8) is 0 Å². The predicted molar refractivity (Wildman–Crippen MR) is 96.9 cm³/mol. The first-order valence-electron chi connectivity index (χ1n) is 8.34. The molecule has 26 heavy (non-hydrogen) atoms. The Morgan fingerprint density at radius 1 is 1.27 bits per heavy atom. The van der Waals surface area contributed by atoms with Gasteiger partial charge in [0.1, 0.15) is 5.82 Å². The third-order valence-corrected chi connectivity index (χ3v) is 6.03. The Morgan fingerprint density at radius 2 is 1.85 bits per heavy atom. The maximum Gasteiger partial charge on any atom is 0.342 e. The summed E-state index contributed by atoms with van der Waals surface area (Å²) in [4.78, 5) is 12.3. The van der Waals surface area contributed by atoms with Gasteiger partial charge in [0.2, 0.25) is 0 Å². The lowest BCUT2D eigenvalue weighted by atomic mass is 9.99. The fraction of sp³-hybridized carbons (Fsp3) is 0.500. The van der Waals surface area contributed by atoms with E-state index in [-0.39, 0.29) is 31.6 Å². The van der Waals surface area contributed by atoms with E-state index in [1.807, 2.05) is 0 Å². The second kappa shape index (κ2) is 8.16. The number of carbonyl (C=O) groups excluding carboxylic acids is 1. The normalized spacial score (nSPS) is 20.4. The zero-order valence-electron chi connectivity index (χ0n) is 15.0. The maximum atomic E-state index is 13.0. The van der Waals surface area contributed by atoms with Crippen LogP contribution in [0.1, 0.15) is 27.2 Å². The number of rotatable bonds is 9. The number of amides is 2. The van der Waals surface area contributed by atoms with Gasteiger partial charge >= 0.3 is 13.6 Å². The van der Waals surface area contributed by atoms with E-state index in [2.05, 4.69) is 10.7 Å². The van der Waals surface area contributed by atoms with E-state index in [4.69, 9.17) is 14.5 Å². The Labute approximate surface area is 152 Å². The number of amidine groups is 1. The number of urea groups is 1. The van der Waals surface area contributed by atoms with Crippen molar-refractivity contribution < 1.29 is 22.8 Å². The summed E-state index contributed by atoms with van der Waals surface area (Å²) < 4.78 is 36.1. The minimum absolute atomic E-state index is 0.0358. The molecule has 1 fully saturated rings. The Hall–Kier alpha value is -1.96. The van der Waals surface area contributed by atoms with Gasteiger partial charge in [0.25, 0.3) is 0 Å². The highest BCUT2D eigenvalue weighted by Gasteiger charge is 2.46. The average molecular weight is 386 g/mol. The second-order valence-electron chi connectivity index (χ2n) is 5.99. The zero-order valence-corrected chi connectivity index (χ0v) is 15.9. The molecule has 1 aromatic rings. The summed E-state index contributed by atoms with van der Waals surface area (Å²) in [6.45, 7) is 5.61. The molecule has 0 radical (unpaired) electrons. The molecule has 0 aromatic heterocycles. The summed E-state index contributed by atoms with van der Waals surface area (Å²) in [6, 6.07) is 4.90. The molecule has 1 saturated heterocycles. The summed E-state index contributed by atoms with van der Waals surface area (Å²) in [5.41, 5.74) is 2.20. The minimum atomic E-state index is -3.28. The zero-order chi connectivity index (χ0) is 19.4. The van der Waals surface area contributed by atoms with Gasteiger partial charge in [0.15, 0.2) is 5.84 Å². The number of carbonyl (C=O) groups is 1. The third-order valence-electron chi connectivity index (χ3n) is 3.95. The Morgan fingerprint density at radius 3 is 2.38 bits per heavy atom. The minimum Gasteiger partial charge on any atom is -0.324 e. The third kappa shape index (κ3) is 4.60. The first kappa shape index (κ1) is 20.4. The Balaban J connectivity index is 2.07. The molecule has 8 nitrogen and oxygen atoms in total. The molecule has 1 unspecified atom stereocenters. The van der Waals surface area contributed by atoms with Gasteiger partial charge in [-0.25, -0.2) is 9.18 Å². The molecule has 2 amide bonds. The van der Waals surface area contributed by atoms with Gasteiger partial charge in [-0.1, -0.05) is 0 Å². The summed E-state index contributed by atoms with van der Waals surface area (Å²) >= 11 is 0. The van der Waals surface area contributed by atoms with E-state index in [0.717, 1.165) is 5.01 Å². The van der Waals surface area contributed by atoms with Crippen molar-refractivity contribution >= 4 is 25.1 Å². The van der Waals surface area contributed by atoms with E-state index in [0.29, 0.717) is 5.69 Å². The smallest absolute Gasteiger partial charge is 0.324 e. The van der Waals surface area contributed by atoms with Gasteiger partial charge in [-0.15, -0.1) is 0 Å². The molecule has 1 aliphatic rings. The summed E-state index contributed by atoms with van der Waals surface area (Å²) in [5, 5.41) is 12.1. The van der Waals surface area contributed by atoms with Gasteiger partial charge in [-0.05, 0) is 51.5 Å². The quantitative estimate of drug-likeness (QED) is 0.563. The molecule has 1 heterocycles. The van der Waals surface area contributed by atoms with Crippen LogP contribution in [0.5, 0.6) is 0 Å². The van der Waals surface area contributed by atoms with Crippen molar-refractivity contribution in [1.29, 1.82) is 5.41 Å². The van der Waals surface area contributed by atoms with Gasteiger partial charge in [0.05, 0.1) is 30.6 Å². The topological polar surface area (TPSA) is 104 Å². The predicted octanol–water partition coefficient (Wildman–Crippen LogP) is 3.57. The van der Waals surface area contributed by atoms with Crippen LogP contribution in [0.25, 0.3) is 0 Å². The standard InChI is InChI=1S/C16H24FN4O4P/c1-4-24-26(23,25-5-2)11-10-16(3)14(18)21(15(22)19-16)20-13-8-6-12(17)7-9-13/h6-9,18,20H,4-5,10-11H2,1-3H3,(H,19,22). The lowest BCUT2D eigenvalue weighted by molar-refractivity contribution is 0.217. The first-order valence-corrected chi connectivity index (χ1v) is 10.1. The highest BCUT2D eigenvalue weighted by molar-refractivity contribution is 7.53. The van der Waals surface area contributed by atoms with Crippen LogP contribution in [0, 0.1) is 11.2 Å². The van der Waals surface area contributed by atoms with Crippen molar-refractivity contribution in [3.8, 4) is 0 Å². The molecule has 2 rings (SSSR count). The molecular weight excluding hydrogens is 362 g/mol. The van der Waals surface area contributed by atoms with Crippen LogP contribution in [0.4, 0.5) is 14.9 Å². The number of nitrogens with one attached hydrogen (secondary N) is 3. The number of benzene rings is 1. The van der Waals surface area contributed by atoms with Crippen LogP contribution in [0.3, 0.4) is 0 Å². The van der Waals surface area contributed by atoms with Crippen LogP contribution in [-0.2, 0) is 13.6 Å². The number of hydrogen-bond donors (Lipinski definition) is 3. The Bertz CT molecular complexity index is 705. The van der Waals surface area contributed by atoms with Gasteiger partial charge in [-0.2, -0.15) is 5.01 Å². The summed E-state index contributed by atoms with van der Waals surface area (Å²) in [5.74, 6) is -0.435. The molecule has 1 aromatic carbocycles. The van der Waals surface area contributed by atoms with Crippen LogP contribution < -0.4 is 10.7 Å². The molecule has 10 heteroatoms. The number of anilines is 1. The van der Waals surface area contributed by atoms with Crippen LogP contribution in [0.2, 0.25) is 0 Å². The lowest BCUT2D eigenvalue weighted by Gasteiger charge is -2.26. The number of hydrogen-bond acceptors (Lipinski definition) is 6. The highest BCUT2D eigenvalue weighted by Crippen LogP contribution is 2.49. The second-order valence-corrected chi connectivity index (χ2v) is 8.17. The van der Waals surface area contributed by atoms with Crippen LogP contribution in [-0.4, -0.2) is 41.8 Å². The highest BCUT2D eigenvalue weighted by atomic mass is 31.2. The van der Waals surface area contributed by atoms with Gasteiger partial charge in [0, 0.05) is 0 Å². The summed E-state index contributed by atoms with van der Waals surface area (Å²) in [7, 11) is -3.28. The van der Waals surface area contributed by atoms with Crippen LogP contribution in [0.15, 0.2) is 24.3 Å². The molecule has 0 spiro atoms. The van der Waals surface area contributed by atoms with E-state index in [1.165, 1.54) is 24.3 Å². The first-order chi connectivity index (χ1) is 12.2. The molecule has 0 aliphatic carbocycles. The van der Waals surface area contributed by atoms with Crippen molar-refractivity contribution in [2.45, 2.75) is 32.7 Å². The van der Waals surface area contributed by atoms with Crippen molar-refractivity contribution in [2.75, 3.05) is 24.8 Å². The van der Waals surface area contributed by atoms with Crippen molar-refractivity contribution in [2.24, 2.45) is 0 Å². The lowest BCUT2D eigenvalue weighted by Crippen LogP contribution is -2.44. The van der Waals surface area contributed by atoms with Crippen LogP contribution >= 0.6 is 7.60 Å². The van der Waals surface area contributed by atoms with E-state index >= 15 is 0 Å². The van der Waals surface area contributed by atoms with E-state index < -0.39 is 25.0 Å². The molecule has 0 bridgehead atoms. The monoisotopic (exact) mass is 386 g/mol. The van der Waals surface area contributed by atoms with E-state index in [1.54, 1.807) is 20.8 Å². The van der Waals surface area contributed by atoms with Gasteiger partial charge in [-0.3, -0.25) is 15.4 Å². The van der Waals surface area contributed by atoms with Gasteiger partial charge < -0.3 is 14.4 Å². The Kier molecular flexibility index (Phi) is 6.39. The molecule has 1 aliphatic heterocycles. The largest absolute Gasteiger partial charge is 0.342 e. The fourth-order valence-corrected chi connectivity index (χ4v) is 4.40. The average Bonchev–Trinajstić information content (AvgIpc) is 2.79. The van der Waals surface area contributed by atoms with E-state index in [9.17, 15) is 13.8 Å². The fourth-order valence-electron chi connectivity index (χ4n) is 2.56. The SMILES string of the molecule is CCOP(=O)(CCC1(C)NC(=O)N(Nc2ccc(F)cc2)C1=N)OCC. The molecule has 1 atom stereocenters. The number of halogens is 1. The molecule has 3 N–H and O–H groups in total. The van der Waals surface area contributed by atoms with Crippen molar-refractivity contribution in [3.05, 3.63) is 30.1 Å². The van der Waals surface area contributed by atoms with Crippen molar-refractivity contribution in [1.82, 2.24) is 10.3 Å². The number of nitrogens with zero attached hydrogens (tertiary/aromatic N) is 1. The summed E-state index contributed by atoms with van der Waals surface area (Å²) in [6.07, 6.45) is 0.272. The molecule has 0 saturated carbocycles. The molecular formula is C16H24FN4O4P.